The number of nitrogens with zero attached hydrogens (tertiary/aromatic N) is 2. The molecule has 0 amide bonds. The van der Waals surface area contributed by atoms with Crippen molar-refractivity contribution in [2.24, 2.45) is 7.05 Å². The van der Waals surface area contributed by atoms with Crippen LogP contribution in [-0.2, 0) is 23.0 Å². The van der Waals surface area contributed by atoms with Gasteiger partial charge in [-0.1, -0.05) is 18.2 Å². The van der Waals surface area contributed by atoms with Crippen LogP contribution in [0, 0.1) is 13.8 Å². The lowest BCUT2D eigenvalue weighted by atomic mass is 10.2. The third kappa shape index (κ3) is 2.66. The molecule has 108 valence electrons. The number of aromatic nitrogens is 2. The number of alkyl halides is 1. The summed E-state index contributed by atoms with van der Waals surface area (Å²) in [4.78, 5) is 0.212. The van der Waals surface area contributed by atoms with Gasteiger partial charge in [0.25, 0.3) is 10.0 Å². The minimum absolute atomic E-state index is 0.212. The zero-order valence-electron chi connectivity index (χ0n) is 11.5. The smallest absolute Gasteiger partial charge is 0.265 e. The van der Waals surface area contributed by atoms with Gasteiger partial charge in [-0.25, -0.2) is 8.42 Å². The molecule has 0 atom stereocenters. The summed E-state index contributed by atoms with van der Waals surface area (Å²) in [6.45, 7) is 3.40. The Kier molecular flexibility index (Phi) is 4.06. The normalized spacial score (nSPS) is 11.6. The van der Waals surface area contributed by atoms with Crippen LogP contribution in [0.25, 0.3) is 0 Å². The Morgan fingerprint density at radius 3 is 2.50 bits per heavy atom. The van der Waals surface area contributed by atoms with E-state index in [1.807, 2.05) is 6.07 Å². The number of nitrogens with one attached hydrogen (secondary N) is 1. The number of aryl methyl sites for hydroxylation is 2. The fourth-order valence-corrected chi connectivity index (χ4v) is 3.85. The first-order valence-electron chi connectivity index (χ1n) is 6.03. The monoisotopic (exact) mass is 313 g/mol. The molecule has 0 fully saturated rings. The molecule has 0 radical (unpaired) electrons. The van der Waals surface area contributed by atoms with Crippen LogP contribution in [-0.4, -0.2) is 18.2 Å². The minimum atomic E-state index is -3.68. The van der Waals surface area contributed by atoms with Gasteiger partial charge in [0.2, 0.25) is 0 Å². The van der Waals surface area contributed by atoms with Crippen LogP contribution in [0.2, 0.25) is 0 Å². The summed E-state index contributed by atoms with van der Waals surface area (Å²) in [5, 5.41) is 4.13. The first-order chi connectivity index (χ1) is 9.36. The van der Waals surface area contributed by atoms with Crippen molar-refractivity contribution in [2.75, 3.05) is 4.72 Å². The highest BCUT2D eigenvalue weighted by Crippen LogP contribution is 2.24. The molecule has 20 heavy (non-hydrogen) atoms. The largest absolute Gasteiger partial charge is 0.279 e. The van der Waals surface area contributed by atoms with Crippen molar-refractivity contribution in [3.63, 3.8) is 0 Å². The quantitative estimate of drug-likeness (QED) is 0.882. The highest BCUT2D eigenvalue weighted by molar-refractivity contribution is 7.92. The lowest BCUT2D eigenvalue weighted by Crippen LogP contribution is -2.15. The first-order valence-corrected chi connectivity index (χ1v) is 8.05. The van der Waals surface area contributed by atoms with E-state index in [9.17, 15) is 8.42 Å². The molecule has 1 N–H and O–H groups in total. The fraction of sp³-hybridized carbons (Fsp3) is 0.308. The molecule has 0 aliphatic heterocycles. The lowest BCUT2D eigenvalue weighted by molar-refractivity contribution is 0.599. The SMILES string of the molecule is Cc1nn(C)c(C)c1S(=O)(=O)Nc1ccccc1CCl. The number of benzene rings is 1. The fourth-order valence-electron chi connectivity index (χ4n) is 2.08. The average molecular weight is 314 g/mol. The molecular weight excluding hydrogens is 298 g/mol. The second-order valence-corrected chi connectivity index (χ2v) is 6.41. The van der Waals surface area contributed by atoms with Gasteiger partial charge in [-0.2, -0.15) is 5.10 Å². The predicted molar refractivity (Wildman–Crippen MR) is 79.5 cm³/mol. The van der Waals surface area contributed by atoms with Gasteiger partial charge in [0.15, 0.2) is 0 Å². The van der Waals surface area contributed by atoms with Gasteiger partial charge in [-0.05, 0) is 25.5 Å². The Morgan fingerprint density at radius 2 is 1.95 bits per heavy atom. The maximum Gasteiger partial charge on any atom is 0.265 e. The van der Waals surface area contributed by atoms with E-state index >= 15 is 0 Å². The molecule has 7 heteroatoms. The third-order valence-corrected chi connectivity index (χ3v) is 5.02. The molecule has 0 aliphatic carbocycles. The van der Waals surface area contributed by atoms with Crippen molar-refractivity contribution in [2.45, 2.75) is 24.6 Å². The number of halogens is 1. The van der Waals surface area contributed by atoms with E-state index in [0.717, 1.165) is 5.56 Å². The molecule has 1 aromatic carbocycles. The third-order valence-electron chi connectivity index (χ3n) is 3.12. The van der Waals surface area contributed by atoms with Crippen molar-refractivity contribution in [1.29, 1.82) is 0 Å². The second kappa shape index (κ2) is 5.46. The number of sulfonamides is 1. The van der Waals surface area contributed by atoms with Crippen LogP contribution < -0.4 is 4.72 Å². The van der Waals surface area contributed by atoms with E-state index in [2.05, 4.69) is 9.82 Å². The molecule has 2 aromatic rings. The predicted octanol–water partition coefficient (Wildman–Crippen LogP) is 2.58. The summed E-state index contributed by atoms with van der Waals surface area (Å²) >= 11 is 5.82. The Hall–Kier alpha value is -1.53. The number of hydrogen-bond acceptors (Lipinski definition) is 3. The van der Waals surface area contributed by atoms with E-state index in [-0.39, 0.29) is 10.8 Å². The Morgan fingerprint density at radius 1 is 1.30 bits per heavy atom. The lowest BCUT2D eigenvalue weighted by Gasteiger charge is -2.11. The number of para-hydroxylation sites is 1. The van der Waals surface area contributed by atoms with E-state index in [1.165, 1.54) is 0 Å². The highest BCUT2D eigenvalue weighted by Gasteiger charge is 2.24. The average Bonchev–Trinajstić information content (AvgIpc) is 2.63. The zero-order chi connectivity index (χ0) is 14.9. The summed E-state index contributed by atoms with van der Waals surface area (Å²) in [6, 6.07) is 7.05. The van der Waals surface area contributed by atoms with E-state index in [1.54, 1.807) is 43.8 Å². The van der Waals surface area contributed by atoms with Gasteiger partial charge in [-0.15, -0.1) is 11.6 Å². The van der Waals surface area contributed by atoms with Crippen molar-refractivity contribution in [1.82, 2.24) is 9.78 Å². The van der Waals surface area contributed by atoms with Gasteiger partial charge in [-0.3, -0.25) is 9.40 Å². The molecule has 0 aliphatic rings. The van der Waals surface area contributed by atoms with E-state index in [0.29, 0.717) is 17.1 Å². The first kappa shape index (κ1) is 14.9. The van der Waals surface area contributed by atoms with Crippen molar-refractivity contribution >= 4 is 27.3 Å². The summed E-state index contributed by atoms with van der Waals surface area (Å²) in [5.41, 5.74) is 2.29. The molecule has 2 rings (SSSR count). The molecule has 0 bridgehead atoms. The van der Waals surface area contributed by atoms with E-state index in [4.69, 9.17) is 11.6 Å². The second-order valence-electron chi connectivity index (χ2n) is 4.52. The van der Waals surface area contributed by atoms with Crippen LogP contribution in [0.4, 0.5) is 5.69 Å². The van der Waals surface area contributed by atoms with Gasteiger partial charge >= 0.3 is 0 Å². The molecule has 0 saturated carbocycles. The summed E-state index contributed by atoms with van der Waals surface area (Å²) in [5.74, 6) is 0.240. The molecule has 5 nitrogen and oxygen atoms in total. The van der Waals surface area contributed by atoms with Crippen LogP contribution >= 0.6 is 11.6 Å². The molecule has 1 heterocycles. The van der Waals surface area contributed by atoms with Gasteiger partial charge < -0.3 is 0 Å². The molecular formula is C13H16ClN3O2S. The van der Waals surface area contributed by atoms with Gasteiger partial charge in [0.05, 0.1) is 17.1 Å². The van der Waals surface area contributed by atoms with Crippen LogP contribution in [0.5, 0.6) is 0 Å². The minimum Gasteiger partial charge on any atom is -0.279 e. The zero-order valence-corrected chi connectivity index (χ0v) is 13.1. The Labute approximate surface area is 123 Å². The number of anilines is 1. The van der Waals surface area contributed by atoms with Crippen molar-refractivity contribution in [3.8, 4) is 0 Å². The van der Waals surface area contributed by atoms with Gasteiger partial charge in [0, 0.05) is 12.9 Å². The van der Waals surface area contributed by atoms with Gasteiger partial charge in [0.1, 0.15) is 4.90 Å². The standard InChI is InChI=1S/C13H16ClN3O2S/c1-9-13(10(2)17(3)15-9)20(18,19)16-12-7-5-4-6-11(12)8-14/h4-7,16H,8H2,1-3H3. The van der Waals surface area contributed by atoms with Crippen LogP contribution in [0.3, 0.4) is 0 Å². The Bertz CT molecular complexity index is 738. The van der Waals surface area contributed by atoms with Crippen molar-refractivity contribution < 1.29 is 8.42 Å². The maximum absolute atomic E-state index is 12.5. The summed E-state index contributed by atoms with van der Waals surface area (Å²) in [7, 11) is -1.96. The maximum atomic E-state index is 12.5. The Balaban J connectivity index is 2.46. The molecule has 0 spiro atoms. The number of hydrogen-bond donors (Lipinski definition) is 1. The van der Waals surface area contributed by atoms with Crippen LogP contribution in [0.1, 0.15) is 17.0 Å². The highest BCUT2D eigenvalue weighted by atomic mass is 35.5. The molecule has 1 aromatic heterocycles. The molecule has 0 unspecified atom stereocenters. The topological polar surface area (TPSA) is 64.0 Å². The molecule has 0 saturated heterocycles. The summed E-state index contributed by atoms with van der Waals surface area (Å²) in [6.07, 6.45) is 0. The number of rotatable bonds is 4. The van der Waals surface area contributed by atoms with Crippen molar-refractivity contribution in [3.05, 3.63) is 41.2 Å². The van der Waals surface area contributed by atoms with E-state index < -0.39 is 10.0 Å². The van der Waals surface area contributed by atoms with Crippen LogP contribution in [0.15, 0.2) is 29.2 Å². The summed E-state index contributed by atoms with van der Waals surface area (Å²) < 4.78 is 29.2.